The predicted octanol–water partition coefficient (Wildman–Crippen LogP) is 4.53. The number of sulfonamides is 1. The molecule has 0 spiro atoms. The van der Waals surface area contributed by atoms with Crippen LogP contribution in [-0.2, 0) is 32.6 Å². The quantitative estimate of drug-likeness (QED) is 0.310. The van der Waals surface area contributed by atoms with Crippen LogP contribution < -0.4 is 9.62 Å². The summed E-state index contributed by atoms with van der Waals surface area (Å²) in [6, 6.07) is 23.2. The van der Waals surface area contributed by atoms with Gasteiger partial charge in [-0.2, -0.15) is 0 Å². The van der Waals surface area contributed by atoms with Crippen LogP contribution in [0.2, 0.25) is 0 Å². The summed E-state index contributed by atoms with van der Waals surface area (Å²) >= 11 is 2.14. The molecule has 9 heteroatoms. The number of hydrogen-bond acceptors (Lipinski definition) is 4. The fourth-order valence-electron chi connectivity index (χ4n) is 4.05. The molecule has 1 N–H and O–H groups in total. The lowest BCUT2D eigenvalue weighted by Crippen LogP contribution is -2.54. The second-order valence-electron chi connectivity index (χ2n) is 9.62. The smallest absolute Gasteiger partial charge is 0.244 e. The molecule has 0 saturated carbocycles. The molecule has 0 bridgehead atoms. The van der Waals surface area contributed by atoms with Crippen LogP contribution in [0.25, 0.3) is 0 Å². The summed E-state index contributed by atoms with van der Waals surface area (Å²) in [4.78, 5) is 29.0. The molecule has 2 amide bonds. The van der Waals surface area contributed by atoms with Crippen molar-refractivity contribution >= 4 is 50.1 Å². The topological polar surface area (TPSA) is 86.8 Å². The van der Waals surface area contributed by atoms with Gasteiger partial charge in [0.05, 0.1) is 11.9 Å². The highest BCUT2D eigenvalue weighted by Crippen LogP contribution is 2.21. The zero-order chi connectivity index (χ0) is 27.9. The van der Waals surface area contributed by atoms with Gasteiger partial charge in [0.25, 0.3) is 0 Å². The summed E-state index contributed by atoms with van der Waals surface area (Å²) in [6.07, 6.45) is 1.37. The lowest BCUT2D eigenvalue weighted by Gasteiger charge is -2.34. The number of rotatable bonds is 11. The number of carbonyl (C=O) groups excluding carboxylic acids is 2. The van der Waals surface area contributed by atoms with Crippen molar-refractivity contribution in [3.05, 3.63) is 99.1 Å². The summed E-state index contributed by atoms with van der Waals surface area (Å²) in [7, 11) is -3.78. The fourth-order valence-corrected chi connectivity index (χ4v) is 5.26. The molecule has 3 rings (SSSR count). The van der Waals surface area contributed by atoms with E-state index in [0.29, 0.717) is 12.1 Å². The van der Waals surface area contributed by atoms with Gasteiger partial charge in [-0.15, -0.1) is 0 Å². The molecule has 3 aromatic carbocycles. The molecule has 0 heterocycles. The number of aryl methyl sites for hydroxylation is 1. The fraction of sp³-hybridized carbons (Fsp3) is 0.310. The number of amides is 2. The lowest BCUT2D eigenvalue weighted by atomic mass is 10.0. The van der Waals surface area contributed by atoms with Crippen molar-refractivity contribution in [3.63, 3.8) is 0 Å². The maximum atomic E-state index is 14.0. The van der Waals surface area contributed by atoms with E-state index in [0.717, 1.165) is 30.8 Å². The zero-order valence-electron chi connectivity index (χ0n) is 22.1. The average molecular weight is 648 g/mol. The van der Waals surface area contributed by atoms with Gasteiger partial charge in [0.1, 0.15) is 12.6 Å². The summed E-state index contributed by atoms with van der Waals surface area (Å²) in [5.74, 6) is -0.751. The Bertz CT molecular complexity index is 1330. The first-order chi connectivity index (χ1) is 17.9. The highest BCUT2D eigenvalue weighted by molar-refractivity contribution is 14.1. The molecule has 1 atom stereocenters. The Balaban J connectivity index is 2.04. The maximum absolute atomic E-state index is 14.0. The molecule has 0 unspecified atom stereocenters. The van der Waals surface area contributed by atoms with Crippen molar-refractivity contribution in [2.24, 2.45) is 0 Å². The van der Waals surface area contributed by atoms with Crippen molar-refractivity contribution in [3.8, 4) is 0 Å². The van der Waals surface area contributed by atoms with E-state index >= 15 is 0 Å². The second-order valence-corrected chi connectivity index (χ2v) is 12.8. The zero-order valence-corrected chi connectivity index (χ0v) is 25.1. The van der Waals surface area contributed by atoms with Crippen LogP contribution in [-0.4, -0.2) is 50.0 Å². The largest absolute Gasteiger partial charge is 0.352 e. The Labute approximate surface area is 239 Å². The summed E-state index contributed by atoms with van der Waals surface area (Å²) in [6.45, 7) is 5.45. The molecule has 0 saturated heterocycles. The van der Waals surface area contributed by atoms with E-state index in [1.54, 1.807) is 24.3 Å². The van der Waals surface area contributed by atoms with Gasteiger partial charge in [0, 0.05) is 22.6 Å². The van der Waals surface area contributed by atoms with Crippen molar-refractivity contribution in [1.82, 2.24) is 10.2 Å². The average Bonchev–Trinajstić information content (AvgIpc) is 2.86. The molecule has 0 aliphatic carbocycles. The molecule has 3 aromatic rings. The highest BCUT2D eigenvalue weighted by Gasteiger charge is 2.33. The summed E-state index contributed by atoms with van der Waals surface area (Å²) in [5.41, 5.74) is 3.21. The van der Waals surface area contributed by atoms with Gasteiger partial charge in [-0.3, -0.25) is 13.9 Å². The predicted molar refractivity (Wildman–Crippen MR) is 160 cm³/mol. The Morgan fingerprint density at radius 1 is 0.895 bits per heavy atom. The van der Waals surface area contributed by atoms with Crippen LogP contribution in [0.5, 0.6) is 0 Å². The van der Waals surface area contributed by atoms with Crippen molar-refractivity contribution in [1.29, 1.82) is 0 Å². The first-order valence-electron chi connectivity index (χ1n) is 12.4. The first-order valence-corrected chi connectivity index (χ1v) is 15.3. The lowest BCUT2D eigenvalue weighted by molar-refractivity contribution is -0.140. The highest BCUT2D eigenvalue weighted by atomic mass is 127. The molecule has 202 valence electrons. The minimum atomic E-state index is -3.78. The van der Waals surface area contributed by atoms with Gasteiger partial charge in [-0.1, -0.05) is 60.2 Å². The molecular weight excluding hydrogens is 613 g/mol. The SMILES string of the molecule is Cc1ccc(CN(C(=O)CN(c2ccc(I)cc2)S(C)(=O)=O)[C@H](Cc2ccccc2)C(=O)NC(C)C)cc1. The minimum Gasteiger partial charge on any atom is -0.352 e. The van der Waals surface area contributed by atoms with Crippen LogP contribution in [0.4, 0.5) is 5.69 Å². The normalized spacial score (nSPS) is 12.2. The van der Waals surface area contributed by atoms with E-state index in [1.807, 2.05) is 75.4 Å². The number of nitrogens with one attached hydrogen (secondary N) is 1. The van der Waals surface area contributed by atoms with Crippen LogP contribution in [0, 0.1) is 10.5 Å². The Kier molecular flexibility index (Phi) is 10.3. The third-order valence-corrected chi connectivity index (χ3v) is 7.83. The third-order valence-electron chi connectivity index (χ3n) is 5.97. The van der Waals surface area contributed by atoms with Crippen molar-refractivity contribution in [2.75, 3.05) is 17.1 Å². The van der Waals surface area contributed by atoms with Crippen LogP contribution in [0.3, 0.4) is 0 Å². The number of anilines is 1. The molecule has 0 fully saturated rings. The molecule has 7 nitrogen and oxygen atoms in total. The first kappa shape index (κ1) is 29.6. The van der Waals surface area contributed by atoms with E-state index in [2.05, 4.69) is 27.9 Å². The van der Waals surface area contributed by atoms with Crippen LogP contribution in [0.15, 0.2) is 78.9 Å². The maximum Gasteiger partial charge on any atom is 0.244 e. The summed E-state index contributed by atoms with van der Waals surface area (Å²) < 4.78 is 27.6. The van der Waals surface area contributed by atoms with Gasteiger partial charge >= 0.3 is 0 Å². The number of halogens is 1. The molecule has 0 aliphatic rings. The van der Waals surface area contributed by atoms with Gasteiger partial charge in [-0.25, -0.2) is 8.42 Å². The number of benzene rings is 3. The van der Waals surface area contributed by atoms with E-state index in [1.165, 1.54) is 4.90 Å². The molecular formula is C29H34IN3O4S. The van der Waals surface area contributed by atoms with Gasteiger partial charge in [0.2, 0.25) is 21.8 Å². The monoisotopic (exact) mass is 647 g/mol. The Morgan fingerprint density at radius 3 is 2.05 bits per heavy atom. The second kappa shape index (κ2) is 13.2. The third kappa shape index (κ3) is 8.56. The van der Waals surface area contributed by atoms with Gasteiger partial charge in [-0.05, 0) is 78.8 Å². The van der Waals surface area contributed by atoms with E-state index in [9.17, 15) is 18.0 Å². The van der Waals surface area contributed by atoms with Gasteiger partial charge in [0.15, 0.2) is 0 Å². The molecule has 0 radical (unpaired) electrons. The van der Waals surface area contributed by atoms with Gasteiger partial charge < -0.3 is 10.2 Å². The summed E-state index contributed by atoms with van der Waals surface area (Å²) in [5, 5.41) is 2.95. The van der Waals surface area contributed by atoms with Crippen LogP contribution >= 0.6 is 22.6 Å². The number of carbonyl (C=O) groups is 2. The van der Waals surface area contributed by atoms with E-state index in [4.69, 9.17) is 0 Å². The van der Waals surface area contributed by atoms with Crippen molar-refractivity contribution < 1.29 is 18.0 Å². The van der Waals surface area contributed by atoms with E-state index in [-0.39, 0.29) is 18.5 Å². The number of hydrogen-bond donors (Lipinski definition) is 1. The standard InChI is InChI=1S/C29H34IN3O4S/c1-21(2)31-29(35)27(18-23-8-6-5-7-9-23)32(19-24-12-10-22(3)11-13-24)28(34)20-33(38(4,36)37)26-16-14-25(30)15-17-26/h5-17,21,27H,18-20H2,1-4H3,(H,31,35)/t27-/m1/s1. The Morgan fingerprint density at radius 2 is 1.50 bits per heavy atom. The van der Waals surface area contributed by atoms with Crippen LogP contribution in [0.1, 0.15) is 30.5 Å². The molecule has 0 aliphatic heterocycles. The minimum absolute atomic E-state index is 0.128. The van der Waals surface area contributed by atoms with Crippen molar-refractivity contribution in [2.45, 2.75) is 45.8 Å². The molecule has 0 aromatic heterocycles. The van der Waals surface area contributed by atoms with E-state index < -0.39 is 28.5 Å². The number of nitrogens with zero attached hydrogens (tertiary/aromatic N) is 2. The Hall–Kier alpha value is -2.92. The molecule has 38 heavy (non-hydrogen) atoms.